The van der Waals surface area contributed by atoms with Crippen LogP contribution in [0.15, 0.2) is 36.4 Å². The van der Waals surface area contributed by atoms with Crippen molar-refractivity contribution in [2.75, 3.05) is 12.4 Å². The van der Waals surface area contributed by atoms with Gasteiger partial charge in [-0.1, -0.05) is 12.1 Å². The second-order valence-corrected chi connectivity index (χ2v) is 4.76. The summed E-state index contributed by atoms with van der Waals surface area (Å²) in [5.41, 5.74) is 2.68. The molecule has 0 aliphatic carbocycles. The van der Waals surface area contributed by atoms with Crippen molar-refractivity contribution in [3.63, 3.8) is 0 Å². The maximum absolute atomic E-state index is 13.3. The Labute approximate surface area is 118 Å². The summed E-state index contributed by atoms with van der Waals surface area (Å²) in [6, 6.07) is 9.78. The van der Waals surface area contributed by atoms with Gasteiger partial charge < -0.3 is 15.2 Å². The highest BCUT2D eigenvalue weighted by Gasteiger charge is 2.10. The number of halogens is 1. The molecule has 2 aromatic rings. The number of aromatic hydroxyl groups is 1. The highest BCUT2D eigenvalue weighted by Crippen LogP contribution is 2.30. The molecular formula is C16H18FNO2. The number of phenolic OH excluding ortho intramolecular Hbond substituents is 1. The Morgan fingerprint density at radius 1 is 1.20 bits per heavy atom. The number of benzene rings is 2. The van der Waals surface area contributed by atoms with Gasteiger partial charge in [-0.15, -0.1) is 0 Å². The van der Waals surface area contributed by atoms with Crippen molar-refractivity contribution in [3.8, 4) is 11.5 Å². The quantitative estimate of drug-likeness (QED) is 0.885. The molecule has 0 bridgehead atoms. The first kappa shape index (κ1) is 14.2. The highest BCUT2D eigenvalue weighted by molar-refractivity contribution is 5.53. The van der Waals surface area contributed by atoms with Gasteiger partial charge in [0.25, 0.3) is 0 Å². The summed E-state index contributed by atoms with van der Waals surface area (Å²) < 4.78 is 18.4. The van der Waals surface area contributed by atoms with Crippen LogP contribution in [0, 0.1) is 12.7 Å². The molecule has 2 N–H and O–H groups in total. The number of hydrogen-bond donors (Lipinski definition) is 2. The van der Waals surface area contributed by atoms with E-state index in [1.54, 1.807) is 18.2 Å². The van der Waals surface area contributed by atoms with Gasteiger partial charge in [0.1, 0.15) is 5.82 Å². The minimum Gasteiger partial charge on any atom is -0.504 e. The summed E-state index contributed by atoms with van der Waals surface area (Å²) in [4.78, 5) is 0. The normalized spacial score (nSPS) is 12.0. The van der Waals surface area contributed by atoms with E-state index in [1.165, 1.54) is 19.2 Å². The lowest BCUT2D eigenvalue weighted by Gasteiger charge is -2.18. The third-order valence-corrected chi connectivity index (χ3v) is 3.28. The van der Waals surface area contributed by atoms with Crippen molar-refractivity contribution in [2.45, 2.75) is 19.9 Å². The van der Waals surface area contributed by atoms with Crippen LogP contribution in [0.5, 0.6) is 11.5 Å². The fraction of sp³-hybridized carbons (Fsp3) is 0.250. The molecule has 0 saturated carbocycles. The van der Waals surface area contributed by atoms with E-state index in [-0.39, 0.29) is 17.6 Å². The van der Waals surface area contributed by atoms with Gasteiger partial charge >= 0.3 is 0 Å². The largest absolute Gasteiger partial charge is 0.504 e. The van der Waals surface area contributed by atoms with Gasteiger partial charge in [-0.05, 0) is 49.2 Å². The van der Waals surface area contributed by atoms with E-state index in [0.29, 0.717) is 5.75 Å². The van der Waals surface area contributed by atoms with Crippen molar-refractivity contribution < 1.29 is 14.2 Å². The Kier molecular flexibility index (Phi) is 4.13. The SMILES string of the molecule is COc1cc(C(C)Nc2cc(F)ccc2C)ccc1O. The molecule has 0 aliphatic rings. The fourth-order valence-electron chi connectivity index (χ4n) is 2.03. The van der Waals surface area contributed by atoms with E-state index < -0.39 is 0 Å². The number of ether oxygens (including phenoxy) is 1. The average Bonchev–Trinajstić information content (AvgIpc) is 2.43. The molecule has 1 atom stereocenters. The lowest BCUT2D eigenvalue weighted by Crippen LogP contribution is -2.08. The third-order valence-electron chi connectivity index (χ3n) is 3.28. The minimum absolute atomic E-state index is 0.0370. The predicted molar refractivity (Wildman–Crippen MR) is 77.8 cm³/mol. The van der Waals surface area contributed by atoms with Crippen molar-refractivity contribution in [2.24, 2.45) is 0 Å². The molecule has 0 fully saturated rings. The van der Waals surface area contributed by atoms with Crippen molar-refractivity contribution in [1.29, 1.82) is 0 Å². The number of hydrogen-bond acceptors (Lipinski definition) is 3. The Balaban J connectivity index is 2.23. The number of anilines is 1. The van der Waals surface area contributed by atoms with Crippen LogP contribution in [0.25, 0.3) is 0 Å². The van der Waals surface area contributed by atoms with Crippen LogP contribution in [0.1, 0.15) is 24.1 Å². The molecule has 1 unspecified atom stereocenters. The molecular weight excluding hydrogens is 257 g/mol. The molecule has 0 radical (unpaired) electrons. The standard InChI is InChI=1S/C16H18FNO2/c1-10-4-6-13(17)9-14(10)18-11(2)12-5-7-15(19)16(8-12)20-3/h4-9,11,18-19H,1-3H3. The molecule has 4 heteroatoms. The zero-order valence-electron chi connectivity index (χ0n) is 11.8. The third kappa shape index (κ3) is 3.02. The number of nitrogens with one attached hydrogen (secondary N) is 1. The molecule has 20 heavy (non-hydrogen) atoms. The number of methoxy groups -OCH3 is 1. The van der Waals surface area contributed by atoms with Gasteiger partial charge in [0.15, 0.2) is 11.5 Å². The lowest BCUT2D eigenvalue weighted by atomic mass is 10.1. The van der Waals surface area contributed by atoms with Crippen molar-refractivity contribution in [1.82, 2.24) is 0 Å². The highest BCUT2D eigenvalue weighted by atomic mass is 19.1. The van der Waals surface area contributed by atoms with Gasteiger partial charge in [0.2, 0.25) is 0 Å². The summed E-state index contributed by atoms with van der Waals surface area (Å²) in [5.74, 6) is 0.256. The minimum atomic E-state index is -0.270. The molecule has 3 nitrogen and oxygen atoms in total. The van der Waals surface area contributed by atoms with Crippen LogP contribution in [0.4, 0.5) is 10.1 Å². The monoisotopic (exact) mass is 275 g/mol. The Morgan fingerprint density at radius 2 is 1.95 bits per heavy atom. The smallest absolute Gasteiger partial charge is 0.160 e. The summed E-state index contributed by atoms with van der Waals surface area (Å²) in [7, 11) is 1.51. The number of phenols is 1. The van der Waals surface area contributed by atoms with E-state index in [4.69, 9.17) is 4.74 Å². The molecule has 0 spiro atoms. The van der Waals surface area contributed by atoms with Gasteiger partial charge in [-0.25, -0.2) is 4.39 Å². The van der Waals surface area contributed by atoms with E-state index >= 15 is 0 Å². The molecule has 0 aliphatic heterocycles. The van der Waals surface area contributed by atoms with Gasteiger partial charge in [-0.3, -0.25) is 0 Å². The lowest BCUT2D eigenvalue weighted by molar-refractivity contribution is 0.373. The Hall–Kier alpha value is -2.23. The van der Waals surface area contributed by atoms with Crippen LogP contribution in [-0.4, -0.2) is 12.2 Å². The maximum atomic E-state index is 13.3. The summed E-state index contributed by atoms with van der Waals surface area (Å²) in [6.45, 7) is 3.89. The van der Waals surface area contributed by atoms with E-state index in [1.807, 2.05) is 19.9 Å². The van der Waals surface area contributed by atoms with Crippen LogP contribution in [0.3, 0.4) is 0 Å². The summed E-state index contributed by atoms with van der Waals surface area (Å²) >= 11 is 0. The molecule has 0 saturated heterocycles. The van der Waals surface area contributed by atoms with E-state index in [2.05, 4.69) is 5.32 Å². The van der Waals surface area contributed by atoms with Gasteiger partial charge in [0, 0.05) is 11.7 Å². The first-order valence-corrected chi connectivity index (χ1v) is 6.41. The van der Waals surface area contributed by atoms with E-state index in [9.17, 15) is 9.50 Å². The van der Waals surface area contributed by atoms with Crippen LogP contribution in [0.2, 0.25) is 0 Å². The molecule has 0 aromatic heterocycles. The van der Waals surface area contributed by atoms with E-state index in [0.717, 1.165) is 16.8 Å². The topological polar surface area (TPSA) is 41.5 Å². The maximum Gasteiger partial charge on any atom is 0.160 e. The van der Waals surface area contributed by atoms with Crippen LogP contribution < -0.4 is 10.1 Å². The number of rotatable bonds is 4. The average molecular weight is 275 g/mol. The van der Waals surface area contributed by atoms with Crippen molar-refractivity contribution >= 4 is 5.69 Å². The van der Waals surface area contributed by atoms with Gasteiger partial charge in [0.05, 0.1) is 7.11 Å². The Bertz CT molecular complexity index is 613. The second-order valence-electron chi connectivity index (χ2n) is 4.76. The summed E-state index contributed by atoms with van der Waals surface area (Å²) in [6.07, 6.45) is 0. The fourth-order valence-corrected chi connectivity index (χ4v) is 2.03. The predicted octanol–water partition coefficient (Wildman–Crippen LogP) is 4.02. The molecule has 0 heterocycles. The van der Waals surface area contributed by atoms with Gasteiger partial charge in [-0.2, -0.15) is 0 Å². The molecule has 0 amide bonds. The molecule has 2 rings (SSSR count). The molecule has 106 valence electrons. The first-order valence-electron chi connectivity index (χ1n) is 6.41. The first-order chi connectivity index (χ1) is 9.51. The number of aryl methyl sites for hydroxylation is 1. The van der Waals surface area contributed by atoms with Crippen LogP contribution in [-0.2, 0) is 0 Å². The molecule has 2 aromatic carbocycles. The Morgan fingerprint density at radius 3 is 2.65 bits per heavy atom. The zero-order chi connectivity index (χ0) is 14.7. The summed E-state index contributed by atoms with van der Waals surface area (Å²) in [5, 5.41) is 12.9. The zero-order valence-corrected chi connectivity index (χ0v) is 11.8. The van der Waals surface area contributed by atoms with Crippen molar-refractivity contribution in [3.05, 3.63) is 53.3 Å². The second kappa shape index (κ2) is 5.82. The van der Waals surface area contributed by atoms with Crippen LogP contribution >= 0.6 is 0 Å².